The number of nitro groups is 1. The molecular formula is C13H9N3O2S. The van der Waals surface area contributed by atoms with Crippen LogP contribution < -0.4 is 0 Å². The molecule has 0 atom stereocenters. The van der Waals surface area contributed by atoms with Crippen molar-refractivity contribution in [1.29, 1.82) is 0 Å². The Bertz CT molecular complexity index is 702. The smallest absolute Gasteiger partial charge is 0.258 e. The van der Waals surface area contributed by atoms with Gasteiger partial charge in [0.15, 0.2) is 0 Å². The van der Waals surface area contributed by atoms with Crippen LogP contribution >= 0.6 is 11.3 Å². The number of rotatable bonds is 3. The third kappa shape index (κ3) is 2.13. The Hall–Kier alpha value is -2.47. The van der Waals surface area contributed by atoms with Gasteiger partial charge < -0.3 is 0 Å². The van der Waals surface area contributed by atoms with Crippen molar-refractivity contribution in [2.75, 3.05) is 0 Å². The summed E-state index contributed by atoms with van der Waals surface area (Å²) in [5, 5.41) is 16.9. The molecule has 3 aromatic rings. The molecule has 0 saturated heterocycles. The van der Waals surface area contributed by atoms with Gasteiger partial charge in [0.25, 0.3) is 5.69 Å². The summed E-state index contributed by atoms with van der Waals surface area (Å²) < 4.78 is 1.77. The molecule has 0 bridgehead atoms. The van der Waals surface area contributed by atoms with Crippen molar-refractivity contribution >= 4 is 17.0 Å². The summed E-state index contributed by atoms with van der Waals surface area (Å²) >= 11 is 1.63. The summed E-state index contributed by atoms with van der Waals surface area (Å²) in [6, 6.07) is 12.3. The normalized spacial score (nSPS) is 10.5. The lowest BCUT2D eigenvalue weighted by molar-refractivity contribution is -0.384. The van der Waals surface area contributed by atoms with Gasteiger partial charge >= 0.3 is 0 Å². The number of non-ortho nitro benzene ring substituents is 1. The molecule has 0 saturated carbocycles. The van der Waals surface area contributed by atoms with Gasteiger partial charge in [0.2, 0.25) is 0 Å². The van der Waals surface area contributed by atoms with Crippen LogP contribution in [0.2, 0.25) is 0 Å². The van der Waals surface area contributed by atoms with Gasteiger partial charge in [-0.3, -0.25) is 10.1 Å². The van der Waals surface area contributed by atoms with Crippen LogP contribution in [0, 0.1) is 10.1 Å². The SMILES string of the molecule is O=[N+]([O-])c1ccc(-n2nccc2-c2cccs2)cc1. The molecule has 94 valence electrons. The van der Waals surface area contributed by atoms with Gasteiger partial charge in [0.05, 0.1) is 27.4 Å². The van der Waals surface area contributed by atoms with E-state index in [-0.39, 0.29) is 5.69 Å². The Morgan fingerprint density at radius 3 is 2.58 bits per heavy atom. The van der Waals surface area contributed by atoms with Crippen LogP contribution in [0.25, 0.3) is 16.3 Å². The molecule has 2 aromatic heterocycles. The lowest BCUT2D eigenvalue weighted by atomic mass is 10.2. The van der Waals surface area contributed by atoms with Crippen molar-refractivity contribution in [2.45, 2.75) is 0 Å². The van der Waals surface area contributed by atoms with Gasteiger partial charge in [0.1, 0.15) is 0 Å². The highest BCUT2D eigenvalue weighted by Gasteiger charge is 2.10. The molecule has 0 amide bonds. The van der Waals surface area contributed by atoms with Crippen LogP contribution in [0.1, 0.15) is 0 Å². The monoisotopic (exact) mass is 271 g/mol. The summed E-state index contributed by atoms with van der Waals surface area (Å²) in [4.78, 5) is 11.3. The molecule has 0 aliphatic carbocycles. The van der Waals surface area contributed by atoms with E-state index in [0.717, 1.165) is 16.3 Å². The highest BCUT2D eigenvalue weighted by Crippen LogP contribution is 2.27. The second kappa shape index (κ2) is 4.66. The van der Waals surface area contributed by atoms with Crippen LogP contribution in [0.3, 0.4) is 0 Å². The van der Waals surface area contributed by atoms with Gasteiger partial charge in [-0.25, -0.2) is 4.68 Å². The third-order valence-electron chi connectivity index (χ3n) is 2.72. The lowest BCUT2D eigenvalue weighted by Gasteiger charge is -2.05. The molecule has 6 heteroatoms. The zero-order chi connectivity index (χ0) is 13.2. The number of nitro benzene ring substituents is 1. The molecule has 2 heterocycles. The van der Waals surface area contributed by atoms with Crippen LogP contribution in [-0.4, -0.2) is 14.7 Å². The first-order chi connectivity index (χ1) is 9.25. The van der Waals surface area contributed by atoms with E-state index in [1.165, 1.54) is 12.1 Å². The van der Waals surface area contributed by atoms with Gasteiger partial charge in [-0.05, 0) is 29.6 Å². The molecular weight excluding hydrogens is 262 g/mol. The quantitative estimate of drug-likeness (QED) is 0.541. The molecule has 0 N–H and O–H groups in total. The Labute approximate surface area is 112 Å². The average Bonchev–Trinajstić information content (AvgIpc) is 3.09. The molecule has 0 spiro atoms. The zero-order valence-corrected chi connectivity index (χ0v) is 10.6. The average molecular weight is 271 g/mol. The summed E-state index contributed by atoms with van der Waals surface area (Å²) in [7, 11) is 0. The van der Waals surface area contributed by atoms with Crippen LogP contribution in [0.15, 0.2) is 54.0 Å². The number of benzene rings is 1. The van der Waals surface area contributed by atoms with Crippen LogP contribution in [0.4, 0.5) is 5.69 Å². The largest absolute Gasteiger partial charge is 0.269 e. The van der Waals surface area contributed by atoms with E-state index < -0.39 is 4.92 Å². The molecule has 0 fully saturated rings. The Morgan fingerprint density at radius 1 is 1.16 bits per heavy atom. The molecule has 0 radical (unpaired) electrons. The Kier molecular flexibility index (Phi) is 2.85. The molecule has 3 rings (SSSR count). The zero-order valence-electron chi connectivity index (χ0n) is 9.76. The van der Waals surface area contributed by atoms with Crippen LogP contribution in [0.5, 0.6) is 0 Å². The highest BCUT2D eigenvalue weighted by atomic mass is 32.1. The topological polar surface area (TPSA) is 61.0 Å². The molecule has 5 nitrogen and oxygen atoms in total. The maximum absolute atomic E-state index is 10.6. The number of hydrogen-bond donors (Lipinski definition) is 0. The van der Waals surface area contributed by atoms with E-state index in [1.54, 1.807) is 34.3 Å². The second-order valence-corrected chi connectivity index (χ2v) is 4.83. The van der Waals surface area contributed by atoms with Gasteiger partial charge in [0, 0.05) is 12.1 Å². The first-order valence-corrected chi connectivity index (χ1v) is 6.46. The molecule has 1 aromatic carbocycles. The summed E-state index contributed by atoms with van der Waals surface area (Å²) in [6.07, 6.45) is 1.72. The maximum atomic E-state index is 10.6. The summed E-state index contributed by atoms with van der Waals surface area (Å²) in [5.41, 5.74) is 1.86. The van der Waals surface area contributed by atoms with E-state index in [9.17, 15) is 10.1 Å². The molecule has 0 unspecified atom stereocenters. The standard InChI is InChI=1S/C13H9N3O2S/c17-16(18)11-5-3-10(4-6-11)15-12(7-8-14-15)13-2-1-9-19-13/h1-9H. The van der Waals surface area contributed by atoms with E-state index in [0.29, 0.717) is 0 Å². The van der Waals surface area contributed by atoms with Crippen molar-refractivity contribution in [1.82, 2.24) is 9.78 Å². The summed E-state index contributed by atoms with van der Waals surface area (Å²) in [5.74, 6) is 0. The van der Waals surface area contributed by atoms with E-state index >= 15 is 0 Å². The second-order valence-electron chi connectivity index (χ2n) is 3.88. The van der Waals surface area contributed by atoms with Crippen molar-refractivity contribution < 1.29 is 4.92 Å². The summed E-state index contributed by atoms with van der Waals surface area (Å²) in [6.45, 7) is 0. The maximum Gasteiger partial charge on any atom is 0.269 e. The van der Waals surface area contributed by atoms with Crippen molar-refractivity contribution in [3.63, 3.8) is 0 Å². The minimum atomic E-state index is -0.410. The minimum Gasteiger partial charge on any atom is -0.258 e. The Morgan fingerprint density at radius 2 is 1.95 bits per heavy atom. The first-order valence-electron chi connectivity index (χ1n) is 5.58. The van der Waals surface area contributed by atoms with Crippen molar-refractivity contribution in [2.24, 2.45) is 0 Å². The fourth-order valence-corrected chi connectivity index (χ4v) is 2.57. The van der Waals surface area contributed by atoms with E-state index in [1.807, 2.05) is 23.6 Å². The highest BCUT2D eigenvalue weighted by molar-refractivity contribution is 7.13. The fourth-order valence-electron chi connectivity index (χ4n) is 1.84. The first kappa shape index (κ1) is 11.6. The number of aromatic nitrogens is 2. The van der Waals surface area contributed by atoms with Crippen molar-refractivity contribution in [3.05, 3.63) is 64.2 Å². The number of nitrogens with zero attached hydrogens (tertiary/aromatic N) is 3. The Balaban J connectivity index is 2.03. The predicted octanol–water partition coefficient (Wildman–Crippen LogP) is 3.51. The molecule has 0 aliphatic rings. The van der Waals surface area contributed by atoms with Crippen molar-refractivity contribution in [3.8, 4) is 16.3 Å². The molecule has 0 aliphatic heterocycles. The van der Waals surface area contributed by atoms with E-state index in [2.05, 4.69) is 5.10 Å². The lowest BCUT2D eigenvalue weighted by Crippen LogP contribution is -1.98. The van der Waals surface area contributed by atoms with Gasteiger partial charge in [-0.1, -0.05) is 6.07 Å². The predicted molar refractivity (Wildman–Crippen MR) is 73.5 cm³/mol. The van der Waals surface area contributed by atoms with Crippen LogP contribution in [-0.2, 0) is 0 Å². The molecule has 19 heavy (non-hydrogen) atoms. The minimum absolute atomic E-state index is 0.0774. The fraction of sp³-hybridized carbons (Fsp3) is 0. The van der Waals surface area contributed by atoms with Gasteiger partial charge in [-0.15, -0.1) is 11.3 Å². The van der Waals surface area contributed by atoms with Gasteiger partial charge in [-0.2, -0.15) is 5.10 Å². The number of thiophene rings is 1. The third-order valence-corrected chi connectivity index (χ3v) is 3.61. The van der Waals surface area contributed by atoms with E-state index in [4.69, 9.17) is 0 Å². The number of hydrogen-bond acceptors (Lipinski definition) is 4.